The van der Waals surface area contributed by atoms with E-state index in [9.17, 15) is 0 Å². The average molecular weight is 356 g/mol. The summed E-state index contributed by atoms with van der Waals surface area (Å²) in [6.07, 6.45) is 9.97. The average Bonchev–Trinajstić information content (AvgIpc) is 3.18. The minimum Gasteiger partial charge on any atom is -0.304 e. The Labute approximate surface area is 154 Å². The van der Waals surface area contributed by atoms with Gasteiger partial charge in [-0.1, -0.05) is 37.0 Å². The Hall–Kier alpha value is -1.99. The summed E-state index contributed by atoms with van der Waals surface area (Å²) in [5.41, 5.74) is 2.39. The van der Waals surface area contributed by atoms with Gasteiger partial charge in [0.15, 0.2) is 5.11 Å². The number of nitrogens with zero attached hydrogens (tertiary/aromatic N) is 6. The minimum absolute atomic E-state index is 0.615. The molecule has 4 rings (SSSR count). The van der Waals surface area contributed by atoms with Gasteiger partial charge in [-0.25, -0.2) is 9.69 Å². The van der Waals surface area contributed by atoms with Crippen LogP contribution in [0, 0.1) is 6.92 Å². The number of aryl methyl sites for hydroxylation is 1. The van der Waals surface area contributed by atoms with Crippen LogP contribution in [0.3, 0.4) is 0 Å². The first kappa shape index (κ1) is 16.5. The summed E-state index contributed by atoms with van der Waals surface area (Å²) in [7, 11) is 0. The molecule has 0 spiro atoms. The summed E-state index contributed by atoms with van der Waals surface area (Å²) in [4.78, 5) is 4.75. The molecule has 0 radical (unpaired) electrons. The molecule has 6 nitrogen and oxygen atoms in total. The van der Waals surface area contributed by atoms with Gasteiger partial charge in [0.2, 0.25) is 0 Å². The van der Waals surface area contributed by atoms with E-state index in [1.54, 1.807) is 12.7 Å². The van der Waals surface area contributed by atoms with Gasteiger partial charge < -0.3 is 4.90 Å². The summed E-state index contributed by atoms with van der Waals surface area (Å²) < 4.78 is 1.89. The van der Waals surface area contributed by atoms with Crippen molar-refractivity contribution >= 4 is 23.0 Å². The standard InChI is InChI=1S/C18H24N6S/c1-15-7-9-17(10-8-15)23-13-21(16-5-3-2-4-6-16)14-24(18(23)25)22-11-19-20-12-22/h7-12,16H,2-6,13-14H2,1H3. The maximum Gasteiger partial charge on any atom is 0.197 e. The molecule has 0 N–H and O–H groups in total. The first-order chi connectivity index (χ1) is 12.2. The fourth-order valence-electron chi connectivity index (χ4n) is 3.74. The van der Waals surface area contributed by atoms with E-state index < -0.39 is 0 Å². The minimum atomic E-state index is 0.615. The first-order valence-electron chi connectivity index (χ1n) is 8.97. The highest BCUT2D eigenvalue weighted by atomic mass is 32.1. The normalized spacial score (nSPS) is 20.3. The second kappa shape index (κ2) is 7.09. The fourth-order valence-corrected chi connectivity index (χ4v) is 4.06. The van der Waals surface area contributed by atoms with Crippen LogP contribution in [0.4, 0.5) is 5.69 Å². The van der Waals surface area contributed by atoms with Crippen molar-refractivity contribution in [2.75, 3.05) is 23.2 Å². The molecule has 2 fully saturated rings. The first-order valence-corrected chi connectivity index (χ1v) is 9.38. The maximum atomic E-state index is 5.81. The van der Waals surface area contributed by atoms with Crippen LogP contribution in [0.25, 0.3) is 0 Å². The molecule has 1 aliphatic heterocycles. The third-order valence-electron chi connectivity index (χ3n) is 5.21. The van der Waals surface area contributed by atoms with Gasteiger partial charge in [0, 0.05) is 11.7 Å². The number of hydrogen-bond donors (Lipinski definition) is 0. The van der Waals surface area contributed by atoms with E-state index in [2.05, 4.69) is 56.2 Å². The molecule has 1 saturated heterocycles. The lowest BCUT2D eigenvalue weighted by Crippen LogP contribution is -2.64. The van der Waals surface area contributed by atoms with Gasteiger partial charge >= 0.3 is 0 Å². The van der Waals surface area contributed by atoms with E-state index >= 15 is 0 Å². The molecule has 132 valence electrons. The van der Waals surface area contributed by atoms with E-state index in [4.69, 9.17) is 12.2 Å². The van der Waals surface area contributed by atoms with Crippen LogP contribution in [0.2, 0.25) is 0 Å². The Morgan fingerprint density at radius 3 is 2.32 bits per heavy atom. The number of thiocarbonyl (C=S) groups is 1. The Kier molecular flexibility index (Phi) is 4.67. The van der Waals surface area contributed by atoms with Crippen LogP contribution in [-0.2, 0) is 0 Å². The number of rotatable bonds is 3. The zero-order valence-corrected chi connectivity index (χ0v) is 15.4. The Morgan fingerprint density at radius 1 is 0.960 bits per heavy atom. The van der Waals surface area contributed by atoms with Crippen molar-refractivity contribution in [1.82, 2.24) is 19.8 Å². The molecule has 0 unspecified atom stereocenters. The maximum absolute atomic E-state index is 5.81. The molecule has 1 aromatic carbocycles. The van der Waals surface area contributed by atoms with Crippen molar-refractivity contribution in [2.24, 2.45) is 0 Å². The molecular formula is C18H24N6S. The number of aromatic nitrogens is 3. The van der Waals surface area contributed by atoms with Crippen molar-refractivity contribution in [3.63, 3.8) is 0 Å². The predicted molar refractivity (Wildman–Crippen MR) is 103 cm³/mol. The van der Waals surface area contributed by atoms with Crippen LogP contribution in [0.15, 0.2) is 36.9 Å². The zero-order chi connectivity index (χ0) is 17.2. The number of benzene rings is 1. The lowest BCUT2D eigenvalue weighted by atomic mass is 9.94. The highest BCUT2D eigenvalue weighted by Gasteiger charge is 2.33. The highest BCUT2D eigenvalue weighted by molar-refractivity contribution is 7.80. The van der Waals surface area contributed by atoms with Gasteiger partial charge in [0.05, 0.1) is 13.3 Å². The van der Waals surface area contributed by atoms with Crippen molar-refractivity contribution in [3.05, 3.63) is 42.5 Å². The van der Waals surface area contributed by atoms with Crippen LogP contribution in [0.1, 0.15) is 37.7 Å². The second-order valence-electron chi connectivity index (χ2n) is 6.95. The van der Waals surface area contributed by atoms with Gasteiger partial charge in [0.25, 0.3) is 0 Å². The molecule has 25 heavy (non-hydrogen) atoms. The quantitative estimate of drug-likeness (QED) is 0.788. The van der Waals surface area contributed by atoms with E-state index in [0.717, 1.165) is 24.1 Å². The summed E-state index contributed by atoms with van der Waals surface area (Å²) in [5.74, 6) is 0. The van der Waals surface area contributed by atoms with Crippen molar-refractivity contribution in [2.45, 2.75) is 45.1 Å². The van der Waals surface area contributed by atoms with Crippen LogP contribution in [-0.4, -0.2) is 44.3 Å². The van der Waals surface area contributed by atoms with Crippen molar-refractivity contribution < 1.29 is 0 Å². The SMILES string of the molecule is Cc1ccc(N2CN(C3CCCCC3)CN(n3cnnc3)C2=S)cc1. The molecule has 1 aromatic heterocycles. The van der Waals surface area contributed by atoms with Gasteiger partial charge in [-0.3, -0.25) is 4.90 Å². The zero-order valence-electron chi connectivity index (χ0n) is 14.6. The molecule has 2 aliphatic rings. The van der Waals surface area contributed by atoms with Gasteiger partial charge in [0.1, 0.15) is 12.7 Å². The topological polar surface area (TPSA) is 40.4 Å². The van der Waals surface area contributed by atoms with Crippen LogP contribution >= 0.6 is 12.2 Å². The summed E-state index contributed by atoms with van der Waals surface area (Å²) in [5, 5.41) is 10.8. The Bertz CT molecular complexity index is 708. The van der Waals surface area contributed by atoms with Gasteiger partial charge in [-0.15, -0.1) is 10.2 Å². The van der Waals surface area contributed by atoms with Gasteiger partial charge in [-0.05, 0) is 44.1 Å². The van der Waals surface area contributed by atoms with Crippen LogP contribution < -0.4 is 9.91 Å². The molecule has 0 bridgehead atoms. The summed E-state index contributed by atoms with van der Waals surface area (Å²) >= 11 is 5.81. The molecule has 7 heteroatoms. The second-order valence-corrected chi connectivity index (χ2v) is 7.32. The van der Waals surface area contributed by atoms with E-state index in [1.807, 2.05) is 4.68 Å². The van der Waals surface area contributed by atoms with Crippen molar-refractivity contribution in [1.29, 1.82) is 0 Å². The van der Waals surface area contributed by atoms with E-state index in [0.29, 0.717) is 6.04 Å². The molecule has 2 aromatic rings. The van der Waals surface area contributed by atoms with E-state index in [-0.39, 0.29) is 0 Å². The third-order valence-corrected chi connectivity index (χ3v) is 5.64. The fraction of sp³-hybridized carbons (Fsp3) is 0.500. The monoisotopic (exact) mass is 356 g/mol. The van der Waals surface area contributed by atoms with Crippen molar-refractivity contribution in [3.8, 4) is 0 Å². The van der Waals surface area contributed by atoms with Crippen LogP contribution in [0.5, 0.6) is 0 Å². The number of anilines is 1. The predicted octanol–water partition coefficient (Wildman–Crippen LogP) is 2.88. The molecule has 0 amide bonds. The summed E-state index contributed by atoms with van der Waals surface area (Å²) in [6.45, 7) is 3.73. The molecule has 2 heterocycles. The molecule has 1 saturated carbocycles. The largest absolute Gasteiger partial charge is 0.304 e. The number of hydrogen-bond acceptors (Lipinski definition) is 4. The highest BCUT2D eigenvalue weighted by Crippen LogP contribution is 2.27. The Balaban J connectivity index is 1.64. The third kappa shape index (κ3) is 3.39. The van der Waals surface area contributed by atoms with E-state index in [1.165, 1.54) is 37.7 Å². The smallest absolute Gasteiger partial charge is 0.197 e. The lowest BCUT2D eigenvalue weighted by Gasteiger charge is -2.47. The molecule has 0 atom stereocenters. The summed E-state index contributed by atoms with van der Waals surface area (Å²) in [6, 6.07) is 9.19. The molecular weight excluding hydrogens is 332 g/mol. The Morgan fingerprint density at radius 2 is 1.64 bits per heavy atom. The molecule has 1 aliphatic carbocycles. The van der Waals surface area contributed by atoms with Gasteiger partial charge in [-0.2, -0.15) is 0 Å². The lowest BCUT2D eigenvalue weighted by molar-refractivity contribution is 0.149.